The highest BCUT2D eigenvalue weighted by Gasteiger charge is 2.30. The SMILES string of the molecule is CC(C(=O)Nc1ccc(Br)cc1Br)S(=O)(=O)c1ccc(F)cc1. The molecule has 1 amide bonds. The van der Waals surface area contributed by atoms with Gasteiger partial charge < -0.3 is 5.32 Å². The van der Waals surface area contributed by atoms with E-state index < -0.39 is 26.8 Å². The minimum atomic E-state index is -3.90. The Morgan fingerprint density at radius 3 is 2.30 bits per heavy atom. The fourth-order valence-corrected chi connectivity index (χ4v) is 4.21. The van der Waals surface area contributed by atoms with Crippen molar-refractivity contribution < 1.29 is 17.6 Å². The quantitative estimate of drug-likeness (QED) is 0.691. The molecule has 0 heterocycles. The molecular weight excluding hydrogens is 453 g/mol. The highest BCUT2D eigenvalue weighted by molar-refractivity contribution is 9.11. The molecule has 1 atom stereocenters. The largest absolute Gasteiger partial charge is 0.324 e. The second kappa shape index (κ2) is 7.11. The van der Waals surface area contributed by atoms with Crippen LogP contribution in [0.15, 0.2) is 56.3 Å². The predicted molar refractivity (Wildman–Crippen MR) is 93.5 cm³/mol. The van der Waals surface area contributed by atoms with Crippen LogP contribution in [0.3, 0.4) is 0 Å². The number of carbonyl (C=O) groups is 1. The summed E-state index contributed by atoms with van der Waals surface area (Å²) in [5.41, 5.74) is 0.458. The molecule has 0 bridgehead atoms. The van der Waals surface area contributed by atoms with Gasteiger partial charge in [0.1, 0.15) is 11.1 Å². The van der Waals surface area contributed by atoms with Gasteiger partial charge in [-0.15, -0.1) is 0 Å². The number of amides is 1. The van der Waals surface area contributed by atoms with Gasteiger partial charge in [0.05, 0.1) is 10.6 Å². The molecule has 2 aromatic carbocycles. The van der Waals surface area contributed by atoms with E-state index >= 15 is 0 Å². The summed E-state index contributed by atoms with van der Waals surface area (Å²) in [5, 5.41) is 1.25. The number of halogens is 3. The van der Waals surface area contributed by atoms with Crippen molar-refractivity contribution in [3.05, 3.63) is 57.2 Å². The molecular formula is C15H12Br2FNO3S. The maximum Gasteiger partial charge on any atom is 0.242 e. The zero-order valence-corrected chi connectivity index (χ0v) is 15.9. The number of carbonyl (C=O) groups excluding carboxylic acids is 1. The lowest BCUT2D eigenvalue weighted by atomic mass is 10.3. The lowest BCUT2D eigenvalue weighted by Gasteiger charge is -2.14. The fourth-order valence-electron chi connectivity index (χ4n) is 1.79. The summed E-state index contributed by atoms with van der Waals surface area (Å²) >= 11 is 6.58. The van der Waals surface area contributed by atoms with E-state index in [9.17, 15) is 17.6 Å². The molecule has 23 heavy (non-hydrogen) atoms. The summed E-state index contributed by atoms with van der Waals surface area (Å²) in [5.74, 6) is -1.21. The molecule has 0 aromatic heterocycles. The summed E-state index contributed by atoms with van der Waals surface area (Å²) in [6.45, 7) is 1.29. The van der Waals surface area contributed by atoms with Gasteiger partial charge in [0, 0.05) is 8.95 Å². The highest BCUT2D eigenvalue weighted by atomic mass is 79.9. The number of nitrogens with one attached hydrogen (secondary N) is 1. The summed E-state index contributed by atoms with van der Waals surface area (Å²) in [6.07, 6.45) is 0. The molecule has 0 aliphatic rings. The third kappa shape index (κ3) is 4.19. The number of hydrogen-bond acceptors (Lipinski definition) is 3. The van der Waals surface area contributed by atoms with Crippen LogP contribution < -0.4 is 5.32 Å². The Morgan fingerprint density at radius 2 is 1.74 bits per heavy atom. The van der Waals surface area contributed by atoms with E-state index in [0.717, 1.165) is 28.7 Å². The third-order valence-corrected chi connectivity index (χ3v) is 6.39. The van der Waals surface area contributed by atoms with Crippen molar-refractivity contribution in [2.75, 3.05) is 5.32 Å². The zero-order chi connectivity index (χ0) is 17.2. The predicted octanol–water partition coefficient (Wildman–Crippen LogP) is 4.15. The summed E-state index contributed by atoms with van der Waals surface area (Å²) in [4.78, 5) is 12.1. The Hall–Kier alpha value is -1.25. The maximum absolute atomic E-state index is 12.9. The minimum absolute atomic E-state index is 0.101. The standard InChI is InChI=1S/C15H12Br2FNO3S/c1-9(23(21,22)12-5-3-11(18)4-6-12)15(20)19-14-7-2-10(16)8-13(14)17/h2-9H,1H3,(H,19,20). The van der Waals surface area contributed by atoms with Crippen molar-refractivity contribution in [1.29, 1.82) is 0 Å². The Kier molecular flexibility index (Phi) is 5.59. The van der Waals surface area contributed by atoms with Crippen LogP contribution in [0, 0.1) is 5.82 Å². The Morgan fingerprint density at radius 1 is 1.13 bits per heavy atom. The summed E-state index contributed by atoms with van der Waals surface area (Å²) in [7, 11) is -3.90. The van der Waals surface area contributed by atoms with E-state index in [4.69, 9.17) is 0 Å². The lowest BCUT2D eigenvalue weighted by molar-refractivity contribution is -0.115. The molecule has 0 saturated heterocycles. The molecule has 0 saturated carbocycles. The van der Waals surface area contributed by atoms with E-state index in [-0.39, 0.29) is 4.90 Å². The molecule has 2 rings (SSSR count). The Balaban J connectivity index is 2.23. The number of hydrogen-bond donors (Lipinski definition) is 1. The van der Waals surface area contributed by atoms with E-state index in [0.29, 0.717) is 10.2 Å². The van der Waals surface area contributed by atoms with Crippen LogP contribution in [0.1, 0.15) is 6.92 Å². The molecule has 4 nitrogen and oxygen atoms in total. The number of sulfone groups is 1. The molecule has 0 spiro atoms. The molecule has 122 valence electrons. The van der Waals surface area contributed by atoms with Gasteiger partial charge >= 0.3 is 0 Å². The molecule has 1 unspecified atom stereocenters. The number of rotatable bonds is 4. The molecule has 2 aromatic rings. The van der Waals surface area contributed by atoms with Crippen molar-refractivity contribution in [2.45, 2.75) is 17.1 Å². The zero-order valence-electron chi connectivity index (χ0n) is 11.9. The van der Waals surface area contributed by atoms with E-state index in [1.807, 2.05) is 0 Å². The average molecular weight is 465 g/mol. The van der Waals surface area contributed by atoms with Gasteiger partial charge in [0.25, 0.3) is 0 Å². The Bertz CT molecular complexity index is 838. The second-order valence-corrected chi connectivity index (χ2v) is 8.79. The molecule has 0 aliphatic heterocycles. The van der Waals surface area contributed by atoms with Crippen LogP contribution in [-0.2, 0) is 14.6 Å². The third-order valence-electron chi connectivity index (χ3n) is 3.17. The van der Waals surface area contributed by atoms with Crippen molar-refractivity contribution >= 4 is 53.3 Å². The highest BCUT2D eigenvalue weighted by Crippen LogP contribution is 2.27. The summed E-state index contributed by atoms with van der Waals surface area (Å²) in [6, 6.07) is 9.47. The van der Waals surface area contributed by atoms with Crippen LogP contribution in [0.25, 0.3) is 0 Å². The molecule has 8 heteroatoms. The second-order valence-electron chi connectivity index (χ2n) is 4.75. The first-order valence-corrected chi connectivity index (χ1v) is 9.60. The first kappa shape index (κ1) is 18.1. The van der Waals surface area contributed by atoms with Crippen LogP contribution in [-0.4, -0.2) is 19.6 Å². The fraction of sp³-hybridized carbons (Fsp3) is 0.133. The molecule has 0 radical (unpaired) electrons. The van der Waals surface area contributed by atoms with Crippen LogP contribution in [0.4, 0.5) is 10.1 Å². The molecule has 0 aliphatic carbocycles. The summed E-state index contributed by atoms with van der Waals surface area (Å²) < 4.78 is 39.2. The van der Waals surface area contributed by atoms with Gasteiger partial charge in [0.2, 0.25) is 5.91 Å². The maximum atomic E-state index is 12.9. The normalized spacial score (nSPS) is 12.7. The molecule has 0 fully saturated rings. The lowest BCUT2D eigenvalue weighted by Crippen LogP contribution is -2.32. The number of anilines is 1. The van der Waals surface area contributed by atoms with Crippen LogP contribution in [0.2, 0.25) is 0 Å². The van der Waals surface area contributed by atoms with Crippen molar-refractivity contribution in [3.63, 3.8) is 0 Å². The first-order valence-electron chi connectivity index (χ1n) is 6.47. The monoisotopic (exact) mass is 463 g/mol. The van der Waals surface area contributed by atoms with E-state index in [2.05, 4.69) is 37.2 Å². The van der Waals surface area contributed by atoms with Crippen molar-refractivity contribution in [3.8, 4) is 0 Å². The average Bonchev–Trinajstić information content (AvgIpc) is 2.49. The van der Waals surface area contributed by atoms with Gasteiger partial charge in [-0.2, -0.15) is 0 Å². The van der Waals surface area contributed by atoms with Gasteiger partial charge in [-0.25, -0.2) is 12.8 Å². The van der Waals surface area contributed by atoms with E-state index in [1.54, 1.807) is 18.2 Å². The van der Waals surface area contributed by atoms with Crippen molar-refractivity contribution in [1.82, 2.24) is 0 Å². The minimum Gasteiger partial charge on any atom is -0.324 e. The Labute approximate surface area is 150 Å². The van der Waals surface area contributed by atoms with Crippen LogP contribution in [0.5, 0.6) is 0 Å². The van der Waals surface area contributed by atoms with Gasteiger partial charge in [-0.1, -0.05) is 15.9 Å². The number of benzene rings is 2. The first-order chi connectivity index (χ1) is 10.7. The molecule has 1 N–H and O–H groups in total. The van der Waals surface area contributed by atoms with Gasteiger partial charge in [0.15, 0.2) is 9.84 Å². The van der Waals surface area contributed by atoms with E-state index in [1.165, 1.54) is 6.92 Å². The van der Waals surface area contributed by atoms with Gasteiger partial charge in [-0.05, 0) is 65.3 Å². The topological polar surface area (TPSA) is 63.2 Å². The van der Waals surface area contributed by atoms with Crippen LogP contribution >= 0.6 is 31.9 Å². The van der Waals surface area contributed by atoms with Crippen molar-refractivity contribution in [2.24, 2.45) is 0 Å². The smallest absolute Gasteiger partial charge is 0.242 e. The van der Waals surface area contributed by atoms with Gasteiger partial charge in [-0.3, -0.25) is 4.79 Å².